The van der Waals surface area contributed by atoms with E-state index in [0.29, 0.717) is 131 Å². The second-order valence-corrected chi connectivity index (χ2v) is 19.3. The zero-order valence-electron chi connectivity index (χ0n) is 46.2. The number of aromatic nitrogens is 11. The second-order valence-electron chi connectivity index (χ2n) is 19.3. The molecule has 8 rings (SSSR count). The minimum atomic E-state index is -0.708. The lowest BCUT2D eigenvalue weighted by Crippen LogP contribution is -2.15. The molecular formula is C57H67N13O10. The third-order valence-corrected chi connectivity index (χ3v) is 13.5. The van der Waals surface area contributed by atoms with E-state index in [2.05, 4.69) is 20.0 Å². The van der Waals surface area contributed by atoms with E-state index < -0.39 is 17.8 Å². The van der Waals surface area contributed by atoms with E-state index in [1.807, 2.05) is 66.7 Å². The molecule has 0 unspecified atom stereocenters. The third kappa shape index (κ3) is 12.9. The van der Waals surface area contributed by atoms with Crippen molar-refractivity contribution in [3.05, 3.63) is 106 Å². The number of nitrogens with two attached hydrogens (primary N) is 2. The molecule has 0 aliphatic rings. The predicted octanol–water partition coefficient (Wildman–Crippen LogP) is 7.14. The summed E-state index contributed by atoms with van der Waals surface area (Å²) in [5.74, 6) is -0.959. The summed E-state index contributed by atoms with van der Waals surface area (Å²) in [7, 11) is 1.32. The molecule has 420 valence electrons. The summed E-state index contributed by atoms with van der Waals surface area (Å²) in [6.07, 6.45) is 7.96. The second kappa shape index (κ2) is 25.6. The topological polar surface area (TPSA) is 293 Å². The minimum absolute atomic E-state index is 0.0349. The quantitative estimate of drug-likeness (QED) is 0.0204. The largest absolute Gasteiger partial charge is 0.491 e. The average molecular weight is 1090 g/mol. The Labute approximate surface area is 461 Å². The number of allylic oxidation sites excluding steroid dienone is 2. The number of hydrogen-bond acceptors (Lipinski definition) is 16. The van der Waals surface area contributed by atoms with Crippen molar-refractivity contribution in [2.75, 3.05) is 26.9 Å². The molecule has 8 aromatic rings. The highest BCUT2D eigenvalue weighted by Crippen LogP contribution is 2.37. The van der Waals surface area contributed by atoms with Crippen LogP contribution in [0.2, 0.25) is 0 Å². The van der Waals surface area contributed by atoms with Crippen LogP contribution < -0.4 is 20.9 Å². The van der Waals surface area contributed by atoms with Gasteiger partial charge < -0.3 is 39.5 Å². The summed E-state index contributed by atoms with van der Waals surface area (Å²) in [5, 5.41) is 14.7. The molecule has 4 N–H and O–H groups in total. The fraction of sp³-hybridized carbons (Fsp3) is 0.404. The summed E-state index contributed by atoms with van der Waals surface area (Å²) in [6, 6.07) is 11.7. The van der Waals surface area contributed by atoms with Gasteiger partial charge in [-0.1, -0.05) is 12.2 Å². The minimum Gasteiger partial charge on any atom is -0.491 e. The maximum Gasteiger partial charge on any atom is 0.356 e. The van der Waals surface area contributed by atoms with Crippen LogP contribution in [-0.2, 0) is 58.2 Å². The Bertz CT molecular complexity index is 3670. The van der Waals surface area contributed by atoms with Crippen molar-refractivity contribution in [2.24, 2.45) is 11.5 Å². The van der Waals surface area contributed by atoms with Crippen LogP contribution in [0.15, 0.2) is 60.8 Å². The predicted molar refractivity (Wildman–Crippen MR) is 296 cm³/mol. The first-order valence-electron chi connectivity index (χ1n) is 26.8. The van der Waals surface area contributed by atoms with Crippen LogP contribution in [0.1, 0.15) is 130 Å². The molecule has 2 aromatic carbocycles. The van der Waals surface area contributed by atoms with E-state index in [0.717, 1.165) is 5.69 Å². The van der Waals surface area contributed by atoms with E-state index >= 15 is 0 Å². The van der Waals surface area contributed by atoms with Gasteiger partial charge in [0.2, 0.25) is 11.8 Å². The number of benzene rings is 2. The smallest absolute Gasteiger partial charge is 0.356 e. The number of methoxy groups -OCH3 is 1. The van der Waals surface area contributed by atoms with Gasteiger partial charge in [-0.2, -0.15) is 15.3 Å². The molecule has 2 amide bonds. The summed E-state index contributed by atoms with van der Waals surface area (Å²) in [6.45, 7) is 13.6. The zero-order chi connectivity index (χ0) is 57.2. The number of amides is 2. The molecule has 0 saturated heterocycles. The normalized spacial score (nSPS) is 11.6. The Balaban J connectivity index is 1.14. The fourth-order valence-corrected chi connectivity index (χ4v) is 9.65. The summed E-state index contributed by atoms with van der Waals surface area (Å²) >= 11 is 0. The van der Waals surface area contributed by atoms with Crippen LogP contribution in [-0.4, -0.2) is 116 Å². The molecule has 0 spiro atoms. The molecule has 0 saturated carbocycles. The van der Waals surface area contributed by atoms with Crippen molar-refractivity contribution in [1.29, 1.82) is 0 Å². The fourth-order valence-electron chi connectivity index (χ4n) is 9.65. The molecule has 0 bridgehead atoms. The Hall–Kier alpha value is -9.02. The Kier molecular flexibility index (Phi) is 18.3. The molecule has 23 nitrogen and oxygen atoms in total. The number of carbonyl (C=O) groups is 6. The number of unbranched alkanes of at least 4 members (excludes halogenated alkanes) is 1. The van der Waals surface area contributed by atoms with E-state index in [9.17, 15) is 28.8 Å². The first-order valence-corrected chi connectivity index (χ1v) is 26.8. The van der Waals surface area contributed by atoms with Gasteiger partial charge in [0.15, 0.2) is 11.6 Å². The SMILES string of the molecule is CCn1nc(C)cc1C(=O)Cc1nc2cc(C(N)=O)cc(OCCCOC(=O)c3cc(C)nn3CC)c2n1C/C=C/Cn1c2nc(-c3cc(C)nn3CC)ncc2c2cc(C(N)=O)cc(OCCCCC(=O)CCCC(=O)OC)c21. The van der Waals surface area contributed by atoms with Gasteiger partial charge in [0.05, 0.1) is 61.5 Å². The van der Waals surface area contributed by atoms with E-state index in [-0.39, 0.29) is 86.6 Å². The Morgan fingerprint density at radius 3 is 1.89 bits per heavy atom. The maximum atomic E-state index is 14.2. The average Bonchev–Trinajstić information content (AvgIpc) is 4.45. The molecule has 0 fully saturated rings. The molecule has 23 heteroatoms. The number of ether oxygens (including phenoxy) is 4. The van der Waals surface area contributed by atoms with Crippen molar-refractivity contribution in [1.82, 2.24) is 53.4 Å². The highest BCUT2D eigenvalue weighted by Gasteiger charge is 2.25. The lowest BCUT2D eigenvalue weighted by Gasteiger charge is -2.13. The number of imidazole rings is 1. The van der Waals surface area contributed by atoms with E-state index in [1.54, 1.807) is 52.8 Å². The molecule has 0 radical (unpaired) electrons. The highest BCUT2D eigenvalue weighted by atomic mass is 16.5. The molecule has 6 aromatic heterocycles. The van der Waals surface area contributed by atoms with Gasteiger partial charge in [0.25, 0.3) is 0 Å². The van der Waals surface area contributed by atoms with Crippen LogP contribution in [0.5, 0.6) is 11.5 Å². The molecule has 0 aliphatic carbocycles. The van der Waals surface area contributed by atoms with Crippen LogP contribution >= 0.6 is 0 Å². The van der Waals surface area contributed by atoms with Crippen LogP contribution in [0.25, 0.3) is 44.5 Å². The van der Waals surface area contributed by atoms with Crippen molar-refractivity contribution in [3.63, 3.8) is 0 Å². The van der Waals surface area contributed by atoms with E-state index in [1.165, 1.54) is 13.2 Å². The van der Waals surface area contributed by atoms with Gasteiger partial charge in [-0.25, -0.2) is 19.7 Å². The molecule has 80 heavy (non-hydrogen) atoms. The summed E-state index contributed by atoms with van der Waals surface area (Å²) in [5.41, 5.74) is 17.8. The first-order chi connectivity index (χ1) is 38.5. The standard InChI is InChI=1S/C57H67N13O10/c1-8-68-43(25-34(4)63-68)46(72)32-49-61-42-29-38(54(59)75)31-48(79-23-16-24-80-57(76)45-27-36(6)65-70(45)10-3)52(42)66(49)20-12-13-21-67-51-40(41-33-60-55(62-56(41)67)44-26-35(5)64-69(44)9-2)28-37(53(58)74)30-47(51)78-22-14-11-17-39(71)18-15-19-50(73)77-7/h12-13,25-31,33H,8-11,14-24,32H2,1-7H3,(H2,58,74)(H2,59,75)/b13-12+. The van der Waals surface area contributed by atoms with Gasteiger partial charge in [-0.05, 0) is 103 Å². The number of primary amides is 2. The van der Waals surface area contributed by atoms with Gasteiger partial charge in [-0.3, -0.25) is 38.0 Å². The van der Waals surface area contributed by atoms with Crippen LogP contribution in [0.4, 0.5) is 0 Å². The number of ketones is 2. The maximum absolute atomic E-state index is 14.2. The monoisotopic (exact) mass is 1090 g/mol. The summed E-state index contributed by atoms with van der Waals surface area (Å²) in [4.78, 5) is 91.8. The molecule has 0 aliphatic heterocycles. The molecule has 6 heterocycles. The Morgan fingerprint density at radius 2 is 1.21 bits per heavy atom. The van der Waals surface area contributed by atoms with Crippen LogP contribution in [0, 0.1) is 20.8 Å². The third-order valence-electron chi connectivity index (χ3n) is 13.5. The lowest BCUT2D eigenvalue weighted by molar-refractivity contribution is -0.140. The number of nitrogens with zero attached hydrogens (tertiary/aromatic N) is 11. The zero-order valence-corrected chi connectivity index (χ0v) is 46.2. The number of hydrogen-bond donors (Lipinski definition) is 2. The van der Waals surface area contributed by atoms with Gasteiger partial charge >= 0.3 is 11.9 Å². The van der Waals surface area contributed by atoms with Crippen molar-refractivity contribution in [3.8, 4) is 23.0 Å². The van der Waals surface area contributed by atoms with Crippen molar-refractivity contribution >= 4 is 68.3 Å². The molecular weight excluding hydrogens is 1030 g/mol. The van der Waals surface area contributed by atoms with Gasteiger partial charge in [-0.15, -0.1) is 0 Å². The molecule has 0 atom stereocenters. The van der Waals surface area contributed by atoms with Crippen molar-refractivity contribution < 1.29 is 47.7 Å². The number of aryl methyl sites for hydroxylation is 6. The highest BCUT2D eigenvalue weighted by molar-refractivity contribution is 6.12. The number of esters is 2. The van der Waals surface area contributed by atoms with E-state index in [4.69, 9.17) is 40.6 Å². The lowest BCUT2D eigenvalue weighted by atomic mass is 10.1. The van der Waals surface area contributed by atoms with Gasteiger partial charge in [0.1, 0.15) is 51.4 Å². The van der Waals surface area contributed by atoms with Gasteiger partial charge in [0, 0.05) is 86.5 Å². The number of fused-ring (bicyclic) bond motifs is 4. The number of Topliss-reactive ketones (excluding diaryl/α,β-unsaturated/α-hetero) is 2. The first kappa shape index (κ1) is 57.2. The van der Waals surface area contributed by atoms with Crippen LogP contribution in [0.3, 0.4) is 0 Å². The van der Waals surface area contributed by atoms with Crippen molar-refractivity contribution in [2.45, 2.75) is 126 Å². The summed E-state index contributed by atoms with van der Waals surface area (Å²) < 4.78 is 32.0. The number of rotatable bonds is 29. The Morgan fingerprint density at radius 1 is 0.613 bits per heavy atom. The number of carbonyl (C=O) groups excluding carboxylic acids is 6.